The Bertz CT molecular complexity index is 195. The second-order valence-corrected chi connectivity index (χ2v) is 4.12. The van der Waals surface area contributed by atoms with Crippen molar-refractivity contribution in [2.75, 3.05) is 6.54 Å². The fourth-order valence-electron chi connectivity index (χ4n) is 2.39. The molecular weight excluding hydrogens is 152 g/mol. The Morgan fingerprint density at radius 3 is 2.50 bits per heavy atom. The van der Waals surface area contributed by atoms with E-state index in [2.05, 4.69) is 5.32 Å². The zero-order valence-electron chi connectivity index (χ0n) is 7.31. The fraction of sp³-hybridized carbons (Fsp3) is 0.889. The van der Waals surface area contributed by atoms with E-state index in [9.17, 15) is 4.79 Å². The van der Waals surface area contributed by atoms with Crippen LogP contribution in [-0.4, -0.2) is 18.5 Å². The van der Waals surface area contributed by atoms with Gasteiger partial charge in [0.15, 0.2) is 0 Å². The molecule has 1 amide bonds. The van der Waals surface area contributed by atoms with Crippen molar-refractivity contribution >= 4 is 5.91 Å². The van der Waals surface area contributed by atoms with Crippen molar-refractivity contribution in [3.63, 3.8) is 0 Å². The Kier molecular flexibility index (Phi) is 1.83. The van der Waals surface area contributed by atoms with Crippen LogP contribution in [0.5, 0.6) is 0 Å². The topological polar surface area (TPSA) is 55.1 Å². The van der Waals surface area contributed by atoms with Crippen LogP contribution in [0.3, 0.4) is 0 Å². The van der Waals surface area contributed by atoms with Crippen LogP contribution in [0.2, 0.25) is 0 Å². The normalized spacial score (nSPS) is 41.8. The van der Waals surface area contributed by atoms with Crippen molar-refractivity contribution in [1.29, 1.82) is 0 Å². The summed E-state index contributed by atoms with van der Waals surface area (Å²) in [6.07, 6.45) is 5.07. The first kappa shape index (κ1) is 8.05. The van der Waals surface area contributed by atoms with Gasteiger partial charge in [0.1, 0.15) is 0 Å². The number of hydrogen-bond acceptors (Lipinski definition) is 2. The van der Waals surface area contributed by atoms with Gasteiger partial charge in [-0.3, -0.25) is 4.79 Å². The number of rotatable bonds is 0. The van der Waals surface area contributed by atoms with Crippen LogP contribution in [0.1, 0.15) is 32.1 Å². The molecule has 1 saturated carbocycles. The van der Waals surface area contributed by atoms with Gasteiger partial charge in [0, 0.05) is 12.6 Å². The summed E-state index contributed by atoms with van der Waals surface area (Å²) in [6, 6.07) is 0.337. The third-order valence-corrected chi connectivity index (χ3v) is 3.36. The summed E-state index contributed by atoms with van der Waals surface area (Å²) in [5.41, 5.74) is 5.78. The Hall–Kier alpha value is -0.570. The second kappa shape index (κ2) is 2.73. The minimum Gasteiger partial charge on any atom is -0.356 e. The van der Waals surface area contributed by atoms with Gasteiger partial charge in [-0.2, -0.15) is 0 Å². The van der Waals surface area contributed by atoms with Crippen molar-refractivity contribution in [2.45, 2.75) is 38.1 Å². The third kappa shape index (κ3) is 1.12. The highest BCUT2D eigenvalue weighted by molar-refractivity contribution is 5.84. The van der Waals surface area contributed by atoms with E-state index in [1.165, 1.54) is 0 Å². The second-order valence-electron chi connectivity index (χ2n) is 4.12. The SMILES string of the molecule is NC1CCC2(CCNC2=O)CC1. The summed E-state index contributed by atoms with van der Waals surface area (Å²) in [4.78, 5) is 11.5. The van der Waals surface area contributed by atoms with Crippen LogP contribution in [0.25, 0.3) is 0 Å². The lowest BCUT2D eigenvalue weighted by atomic mass is 9.72. The number of carbonyl (C=O) groups is 1. The Labute approximate surface area is 72.7 Å². The maximum Gasteiger partial charge on any atom is 0.226 e. The molecule has 3 nitrogen and oxygen atoms in total. The molecule has 1 aliphatic heterocycles. The lowest BCUT2D eigenvalue weighted by Gasteiger charge is -2.33. The molecule has 0 unspecified atom stereocenters. The van der Waals surface area contributed by atoms with Gasteiger partial charge >= 0.3 is 0 Å². The molecule has 2 aliphatic rings. The Balaban J connectivity index is 2.07. The third-order valence-electron chi connectivity index (χ3n) is 3.36. The molecule has 3 N–H and O–H groups in total. The number of hydrogen-bond donors (Lipinski definition) is 2. The molecule has 12 heavy (non-hydrogen) atoms. The van der Waals surface area contributed by atoms with E-state index >= 15 is 0 Å². The summed E-state index contributed by atoms with van der Waals surface area (Å²) < 4.78 is 0. The molecule has 0 aromatic carbocycles. The predicted molar refractivity (Wildman–Crippen MR) is 46.5 cm³/mol. The Morgan fingerprint density at radius 1 is 1.33 bits per heavy atom. The molecule has 1 aliphatic carbocycles. The van der Waals surface area contributed by atoms with Crippen LogP contribution in [0.4, 0.5) is 0 Å². The van der Waals surface area contributed by atoms with Crippen molar-refractivity contribution in [3.05, 3.63) is 0 Å². The number of nitrogens with two attached hydrogens (primary N) is 1. The molecule has 3 heteroatoms. The van der Waals surface area contributed by atoms with Crippen LogP contribution < -0.4 is 11.1 Å². The standard InChI is InChI=1S/C9H16N2O/c10-7-1-3-9(4-2-7)5-6-11-8(9)12/h7H,1-6,10H2,(H,11,12). The molecule has 1 heterocycles. The lowest BCUT2D eigenvalue weighted by Crippen LogP contribution is -2.38. The summed E-state index contributed by atoms with van der Waals surface area (Å²) in [7, 11) is 0. The van der Waals surface area contributed by atoms with Gasteiger partial charge < -0.3 is 11.1 Å². The highest BCUT2D eigenvalue weighted by Crippen LogP contribution is 2.41. The molecule has 1 saturated heterocycles. The minimum atomic E-state index is -0.0180. The summed E-state index contributed by atoms with van der Waals surface area (Å²) >= 11 is 0. The minimum absolute atomic E-state index is 0.0180. The lowest BCUT2D eigenvalue weighted by molar-refractivity contribution is -0.129. The van der Waals surface area contributed by atoms with E-state index in [4.69, 9.17) is 5.73 Å². The predicted octanol–water partition coefficient (Wildman–Crippen LogP) is 0.394. The van der Waals surface area contributed by atoms with Gasteiger partial charge in [-0.1, -0.05) is 0 Å². The van der Waals surface area contributed by atoms with Gasteiger partial charge in [0.05, 0.1) is 5.41 Å². The summed E-state index contributed by atoms with van der Waals surface area (Å²) in [5.74, 6) is 0.273. The first-order chi connectivity index (χ1) is 5.73. The summed E-state index contributed by atoms with van der Waals surface area (Å²) in [6.45, 7) is 0.869. The van der Waals surface area contributed by atoms with Crippen molar-refractivity contribution in [1.82, 2.24) is 5.32 Å². The Morgan fingerprint density at radius 2 is 2.00 bits per heavy atom. The molecule has 0 radical (unpaired) electrons. The van der Waals surface area contributed by atoms with Crippen molar-refractivity contribution in [3.8, 4) is 0 Å². The maximum absolute atomic E-state index is 11.5. The van der Waals surface area contributed by atoms with E-state index in [0.717, 1.165) is 38.6 Å². The van der Waals surface area contributed by atoms with Gasteiger partial charge in [-0.25, -0.2) is 0 Å². The highest BCUT2D eigenvalue weighted by Gasteiger charge is 2.43. The molecule has 2 fully saturated rings. The van der Waals surface area contributed by atoms with Crippen LogP contribution in [-0.2, 0) is 4.79 Å². The van der Waals surface area contributed by atoms with E-state index in [0.29, 0.717) is 6.04 Å². The average molecular weight is 168 g/mol. The first-order valence-corrected chi connectivity index (χ1v) is 4.77. The average Bonchev–Trinajstić information content (AvgIpc) is 2.41. The summed E-state index contributed by atoms with van der Waals surface area (Å²) in [5, 5.41) is 2.92. The van der Waals surface area contributed by atoms with Crippen molar-refractivity contribution in [2.24, 2.45) is 11.1 Å². The molecule has 0 aromatic heterocycles. The zero-order chi connectivity index (χ0) is 8.60. The molecule has 1 spiro atoms. The van der Waals surface area contributed by atoms with Crippen LogP contribution in [0.15, 0.2) is 0 Å². The van der Waals surface area contributed by atoms with Gasteiger partial charge in [0.2, 0.25) is 5.91 Å². The van der Waals surface area contributed by atoms with E-state index in [1.807, 2.05) is 0 Å². The van der Waals surface area contributed by atoms with E-state index in [1.54, 1.807) is 0 Å². The quantitative estimate of drug-likeness (QED) is 0.550. The van der Waals surface area contributed by atoms with Gasteiger partial charge in [-0.05, 0) is 32.1 Å². The fourth-order valence-corrected chi connectivity index (χ4v) is 2.39. The van der Waals surface area contributed by atoms with E-state index < -0.39 is 0 Å². The largest absolute Gasteiger partial charge is 0.356 e. The molecule has 68 valence electrons. The molecule has 0 aromatic rings. The van der Waals surface area contributed by atoms with Gasteiger partial charge in [-0.15, -0.1) is 0 Å². The van der Waals surface area contributed by atoms with E-state index in [-0.39, 0.29) is 11.3 Å². The molecular formula is C9H16N2O. The molecule has 0 atom stereocenters. The maximum atomic E-state index is 11.5. The molecule has 2 rings (SSSR count). The number of carbonyl (C=O) groups excluding carboxylic acids is 1. The zero-order valence-corrected chi connectivity index (χ0v) is 7.31. The monoisotopic (exact) mass is 168 g/mol. The first-order valence-electron chi connectivity index (χ1n) is 4.77. The van der Waals surface area contributed by atoms with Gasteiger partial charge in [0.25, 0.3) is 0 Å². The number of nitrogens with one attached hydrogen (secondary N) is 1. The molecule has 0 bridgehead atoms. The number of amides is 1. The smallest absolute Gasteiger partial charge is 0.226 e. The van der Waals surface area contributed by atoms with Crippen LogP contribution >= 0.6 is 0 Å². The van der Waals surface area contributed by atoms with Crippen LogP contribution in [0, 0.1) is 5.41 Å². The highest BCUT2D eigenvalue weighted by atomic mass is 16.2. The van der Waals surface area contributed by atoms with Crippen molar-refractivity contribution < 1.29 is 4.79 Å².